The summed E-state index contributed by atoms with van der Waals surface area (Å²) < 4.78 is 8.65. The number of ether oxygens (including phenoxy) is 1. The summed E-state index contributed by atoms with van der Waals surface area (Å²) in [6.07, 6.45) is -0.546. The number of nitrogens with zero attached hydrogens (tertiary/aromatic N) is 2. The fraction of sp³-hybridized carbons (Fsp3) is 0.400. The van der Waals surface area contributed by atoms with Gasteiger partial charge in [0.2, 0.25) is 0 Å². The molecule has 0 spiro atoms. The molecule has 0 bridgehead atoms. The molecule has 0 aliphatic heterocycles. The molecule has 1 heterocycles. The minimum absolute atomic E-state index is 0.378. The molecule has 2 rings (SSSR count). The van der Waals surface area contributed by atoms with Gasteiger partial charge in [-0.2, -0.15) is 5.10 Å². The van der Waals surface area contributed by atoms with Gasteiger partial charge in [0.15, 0.2) is 0 Å². The van der Waals surface area contributed by atoms with Crippen molar-refractivity contribution in [1.82, 2.24) is 9.78 Å². The van der Waals surface area contributed by atoms with Crippen LogP contribution in [0.25, 0.3) is 0 Å². The van der Waals surface area contributed by atoms with E-state index < -0.39 is 6.10 Å². The van der Waals surface area contributed by atoms with Crippen LogP contribution in [-0.2, 0) is 13.2 Å². The minimum Gasteiger partial charge on any atom is -0.486 e. The Kier molecular flexibility index (Phi) is 5.30. The molecule has 1 unspecified atom stereocenters. The SMILES string of the molecule is CCn1nc(C)c(Br)c1COc1ccc(C(C)O)cc1Cl. The van der Waals surface area contributed by atoms with Gasteiger partial charge in [0.25, 0.3) is 0 Å². The minimum atomic E-state index is -0.546. The highest BCUT2D eigenvalue weighted by molar-refractivity contribution is 9.10. The molecule has 0 radical (unpaired) electrons. The van der Waals surface area contributed by atoms with Crippen LogP contribution < -0.4 is 4.74 Å². The number of hydrogen-bond acceptors (Lipinski definition) is 3. The van der Waals surface area contributed by atoms with Gasteiger partial charge in [-0.05, 0) is 54.4 Å². The fourth-order valence-corrected chi connectivity index (χ4v) is 2.69. The predicted octanol–water partition coefficient (Wildman–Crippen LogP) is 4.26. The summed E-state index contributed by atoms with van der Waals surface area (Å²) in [6.45, 7) is 6.84. The lowest BCUT2D eigenvalue weighted by atomic mass is 10.1. The lowest BCUT2D eigenvalue weighted by molar-refractivity contribution is 0.199. The van der Waals surface area contributed by atoms with Crippen molar-refractivity contribution in [1.29, 1.82) is 0 Å². The third kappa shape index (κ3) is 3.59. The van der Waals surface area contributed by atoms with E-state index in [4.69, 9.17) is 16.3 Å². The maximum absolute atomic E-state index is 9.54. The molecule has 0 saturated carbocycles. The number of rotatable bonds is 5. The van der Waals surface area contributed by atoms with Crippen LogP contribution in [0.2, 0.25) is 5.02 Å². The molecule has 0 saturated heterocycles. The van der Waals surface area contributed by atoms with Crippen molar-refractivity contribution >= 4 is 27.5 Å². The van der Waals surface area contributed by atoms with Crippen LogP contribution >= 0.6 is 27.5 Å². The summed E-state index contributed by atoms with van der Waals surface area (Å²) in [6, 6.07) is 5.31. The quantitative estimate of drug-likeness (QED) is 0.852. The Hall–Kier alpha value is -1.04. The van der Waals surface area contributed by atoms with E-state index >= 15 is 0 Å². The smallest absolute Gasteiger partial charge is 0.138 e. The van der Waals surface area contributed by atoms with E-state index in [0.29, 0.717) is 17.4 Å². The second-order valence-electron chi connectivity index (χ2n) is 4.82. The topological polar surface area (TPSA) is 47.3 Å². The van der Waals surface area contributed by atoms with Gasteiger partial charge < -0.3 is 9.84 Å². The summed E-state index contributed by atoms with van der Waals surface area (Å²) in [4.78, 5) is 0. The average Bonchev–Trinajstić information content (AvgIpc) is 2.72. The van der Waals surface area contributed by atoms with Crippen LogP contribution in [-0.4, -0.2) is 14.9 Å². The van der Waals surface area contributed by atoms with Crippen LogP contribution in [0.5, 0.6) is 5.75 Å². The second-order valence-corrected chi connectivity index (χ2v) is 6.02. The second kappa shape index (κ2) is 6.81. The molecule has 1 atom stereocenters. The molecule has 4 nitrogen and oxygen atoms in total. The number of aromatic nitrogens is 2. The van der Waals surface area contributed by atoms with Crippen LogP contribution in [0, 0.1) is 6.92 Å². The van der Waals surface area contributed by atoms with Crippen molar-refractivity contribution in [2.24, 2.45) is 0 Å². The van der Waals surface area contributed by atoms with E-state index in [1.54, 1.807) is 19.1 Å². The van der Waals surface area contributed by atoms with Gasteiger partial charge in [-0.25, -0.2) is 0 Å². The van der Waals surface area contributed by atoms with E-state index in [1.807, 2.05) is 24.6 Å². The van der Waals surface area contributed by atoms with Gasteiger partial charge in [-0.3, -0.25) is 4.68 Å². The van der Waals surface area contributed by atoms with Crippen molar-refractivity contribution in [2.75, 3.05) is 0 Å². The zero-order chi connectivity index (χ0) is 15.6. The standard InChI is InChI=1S/C15H18BrClN2O2/c1-4-19-13(15(16)9(2)18-19)8-21-14-6-5-11(10(3)20)7-12(14)17/h5-7,10,20H,4,8H2,1-3H3. The van der Waals surface area contributed by atoms with Crippen molar-refractivity contribution < 1.29 is 9.84 Å². The first-order chi connectivity index (χ1) is 9.93. The number of aliphatic hydroxyl groups is 1. The highest BCUT2D eigenvalue weighted by Gasteiger charge is 2.14. The van der Waals surface area contributed by atoms with Gasteiger partial charge in [0.1, 0.15) is 12.4 Å². The first-order valence-electron chi connectivity index (χ1n) is 6.76. The van der Waals surface area contributed by atoms with Crippen molar-refractivity contribution in [3.05, 3.63) is 44.6 Å². The maximum atomic E-state index is 9.54. The molecular weight excluding hydrogens is 356 g/mol. The fourth-order valence-electron chi connectivity index (χ4n) is 2.05. The molecule has 0 aliphatic rings. The Bertz CT molecular complexity index is 641. The molecule has 21 heavy (non-hydrogen) atoms. The number of halogens is 2. The van der Waals surface area contributed by atoms with E-state index in [0.717, 1.165) is 28.0 Å². The highest BCUT2D eigenvalue weighted by atomic mass is 79.9. The third-order valence-electron chi connectivity index (χ3n) is 3.26. The molecule has 114 valence electrons. The predicted molar refractivity (Wildman–Crippen MR) is 86.8 cm³/mol. The Morgan fingerprint density at radius 1 is 1.48 bits per heavy atom. The number of hydrogen-bond donors (Lipinski definition) is 1. The lowest BCUT2D eigenvalue weighted by Gasteiger charge is -2.12. The Labute approximate surface area is 137 Å². The van der Waals surface area contributed by atoms with E-state index in [9.17, 15) is 5.11 Å². The van der Waals surface area contributed by atoms with Crippen LogP contribution in [0.15, 0.2) is 22.7 Å². The summed E-state index contributed by atoms with van der Waals surface area (Å²) in [5.41, 5.74) is 2.68. The first-order valence-corrected chi connectivity index (χ1v) is 7.93. The highest BCUT2D eigenvalue weighted by Crippen LogP contribution is 2.29. The van der Waals surface area contributed by atoms with Crippen molar-refractivity contribution in [3.8, 4) is 5.75 Å². The molecule has 2 aromatic rings. The van der Waals surface area contributed by atoms with Crippen LogP contribution in [0.3, 0.4) is 0 Å². The normalized spacial score (nSPS) is 12.5. The summed E-state index contributed by atoms with van der Waals surface area (Å²) >= 11 is 9.72. The van der Waals surface area contributed by atoms with Crippen molar-refractivity contribution in [3.63, 3.8) is 0 Å². The van der Waals surface area contributed by atoms with Gasteiger partial charge in [0, 0.05) is 6.54 Å². The zero-order valence-corrected chi connectivity index (χ0v) is 14.6. The molecule has 6 heteroatoms. The van der Waals surface area contributed by atoms with E-state index in [1.165, 1.54) is 0 Å². The van der Waals surface area contributed by atoms with Crippen LogP contribution in [0.4, 0.5) is 0 Å². The van der Waals surface area contributed by atoms with Crippen LogP contribution in [0.1, 0.15) is 36.9 Å². The van der Waals surface area contributed by atoms with E-state index in [2.05, 4.69) is 21.0 Å². The Morgan fingerprint density at radius 2 is 2.19 bits per heavy atom. The molecule has 1 aromatic heterocycles. The molecule has 1 N–H and O–H groups in total. The monoisotopic (exact) mass is 372 g/mol. The molecular formula is C15H18BrClN2O2. The molecule has 0 amide bonds. The molecule has 1 aromatic carbocycles. The number of aliphatic hydroxyl groups excluding tert-OH is 1. The van der Waals surface area contributed by atoms with Gasteiger partial charge in [0.05, 0.1) is 27.0 Å². The van der Waals surface area contributed by atoms with Gasteiger partial charge >= 0.3 is 0 Å². The number of benzene rings is 1. The Morgan fingerprint density at radius 3 is 2.76 bits per heavy atom. The molecule has 0 fully saturated rings. The van der Waals surface area contributed by atoms with Crippen molar-refractivity contribution in [2.45, 2.75) is 40.0 Å². The zero-order valence-electron chi connectivity index (χ0n) is 12.2. The summed E-state index contributed by atoms with van der Waals surface area (Å²) in [5.74, 6) is 0.592. The Balaban J connectivity index is 2.17. The largest absolute Gasteiger partial charge is 0.486 e. The number of aryl methyl sites for hydroxylation is 2. The first kappa shape index (κ1) is 16.3. The van der Waals surface area contributed by atoms with Gasteiger partial charge in [-0.1, -0.05) is 17.7 Å². The third-order valence-corrected chi connectivity index (χ3v) is 4.58. The average molecular weight is 374 g/mol. The summed E-state index contributed by atoms with van der Waals surface area (Å²) in [5, 5.41) is 14.5. The molecule has 0 aliphatic carbocycles. The van der Waals surface area contributed by atoms with Gasteiger partial charge in [-0.15, -0.1) is 0 Å². The summed E-state index contributed by atoms with van der Waals surface area (Å²) in [7, 11) is 0. The van der Waals surface area contributed by atoms with E-state index in [-0.39, 0.29) is 0 Å². The maximum Gasteiger partial charge on any atom is 0.138 e. The lowest BCUT2D eigenvalue weighted by Crippen LogP contribution is -2.07.